The van der Waals surface area contributed by atoms with Gasteiger partial charge in [-0.15, -0.1) is 11.3 Å². The zero-order valence-corrected chi connectivity index (χ0v) is 22.9. The summed E-state index contributed by atoms with van der Waals surface area (Å²) in [6.45, 7) is 0. The van der Waals surface area contributed by atoms with E-state index >= 15 is 0 Å². The zero-order chi connectivity index (χ0) is 25.8. The SMILES string of the molecule is Clc1ccc2c(c1)c1c3ccccc3ccc1c1sc3c4ccc5ccccc5c4c4cc(Cl)ccc4c3c21. The number of halogens is 2. The lowest BCUT2D eigenvalue weighted by Crippen LogP contribution is -1.85. The smallest absolute Gasteiger partial charge is 0.0440 e. The zero-order valence-electron chi connectivity index (χ0n) is 20.6. The molecule has 9 aromatic rings. The summed E-state index contributed by atoms with van der Waals surface area (Å²) in [5, 5.41) is 19.1. The molecule has 0 unspecified atom stereocenters. The summed E-state index contributed by atoms with van der Waals surface area (Å²) in [5.74, 6) is 0. The minimum Gasteiger partial charge on any atom is -0.134 e. The Kier molecular flexibility index (Phi) is 4.42. The molecule has 3 heteroatoms. The molecule has 0 aliphatic rings. The van der Waals surface area contributed by atoms with Crippen molar-refractivity contribution in [3.63, 3.8) is 0 Å². The Balaban J connectivity index is 1.66. The molecule has 0 fully saturated rings. The molecule has 0 atom stereocenters. The number of hydrogen-bond donors (Lipinski definition) is 0. The molecule has 1 aromatic heterocycles. The van der Waals surface area contributed by atoms with Crippen LogP contribution in [0.5, 0.6) is 0 Å². The molecule has 0 saturated carbocycles. The average Bonchev–Trinajstić information content (AvgIpc) is 3.37. The van der Waals surface area contributed by atoms with Gasteiger partial charge in [0.15, 0.2) is 0 Å². The van der Waals surface area contributed by atoms with E-state index in [4.69, 9.17) is 23.2 Å². The molecule has 0 N–H and O–H groups in total. The van der Waals surface area contributed by atoms with E-state index in [0.717, 1.165) is 10.0 Å². The number of hydrogen-bond acceptors (Lipinski definition) is 1. The van der Waals surface area contributed by atoms with Gasteiger partial charge in [0.25, 0.3) is 0 Å². The largest absolute Gasteiger partial charge is 0.134 e. The fraction of sp³-hybridized carbons (Fsp3) is 0. The van der Waals surface area contributed by atoms with Crippen LogP contribution in [-0.4, -0.2) is 0 Å². The lowest BCUT2D eigenvalue weighted by Gasteiger charge is -2.13. The molecule has 0 aliphatic heterocycles. The monoisotopic (exact) mass is 552 g/mol. The van der Waals surface area contributed by atoms with E-state index in [0.29, 0.717) is 0 Å². The Hall–Kier alpha value is -3.88. The molecule has 0 radical (unpaired) electrons. The van der Waals surface area contributed by atoms with Crippen molar-refractivity contribution < 1.29 is 0 Å². The second-order valence-electron chi connectivity index (χ2n) is 10.3. The first-order valence-electron chi connectivity index (χ1n) is 13.0. The van der Waals surface area contributed by atoms with Crippen molar-refractivity contribution in [3.05, 3.63) is 119 Å². The lowest BCUT2D eigenvalue weighted by molar-refractivity contribution is 1.79. The maximum absolute atomic E-state index is 6.65. The van der Waals surface area contributed by atoms with Gasteiger partial charge in [-0.3, -0.25) is 0 Å². The van der Waals surface area contributed by atoms with Crippen LogP contribution in [-0.2, 0) is 0 Å². The molecule has 9 rings (SSSR count). The van der Waals surface area contributed by atoms with E-state index in [9.17, 15) is 0 Å². The molecule has 182 valence electrons. The Bertz CT molecular complexity index is 2340. The van der Waals surface area contributed by atoms with Crippen LogP contribution in [0.25, 0.3) is 84.8 Å². The van der Waals surface area contributed by atoms with Crippen LogP contribution in [0.1, 0.15) is 0 Å². The fourth-order valence-electron chi connectivity index (χ4n) is 6.71. The second-order valence-corrected chi connectivity index (χ2v) is 12.2. The topological polar surface area (TPSA) is 0 Å². The van der Waals surface area contributed by atoms with E-state index in [1.807, 2.05) is 23.5 Å². The van der Waals surface area contributed by atoms with E-state index in [1.165, 1.54) is 84.8 Å². The summed E-state index contributed by atoms with van der Waals surface area (Å²) in [4.78, 5) is 0. The standard InChI is InChI=1S/C36H18Cl2S/c37-21-11-15-25-29(17-21)31-23-7-3-1-5-19(23)9-13-27(31)35-33(25)34-26-16-12-22(38)18-30(26)32-24-8-4-2-6-20(24)10-14-28(32)36(34)39-35/h1-18H. The molecule has 0 saturated heterocycles. The maximum atomic E-state index is 6.65. The normalized spacial score (nSPS) is 12.4. The summed E-state index contributed by atoms with van der Waals surface area (Å²) < 4.78 is 2.63. The van der Waals surface area contributed by atoms with Gasteiger partial charge in [0, 0.05) is 41.0 Å². The van der Waals surface area contributed by atoms with Gasteiger partial charge in [-0.1, -0.05) is 108 Å². The van der Waals surface area contributed by atoms with Crippen molar-refractivity contribution in [3.8, 4) is 0 Å². The minimum absolute atomic E-state index is 0.754. The van der Waals surface area contributed by atoms with Crippen LogP contribution in [0.2, 0.25) is 10.0 Å². The van der Waals surface area contributed by atoms with Gasteiger partial charge in [0.1, 0.15) is 0 Å². The highest BCUT2D eigenvalue weighted by molar-refractivity contribution is 7.28. The molecule has 0 spiro atoms. The summed E-state index contributed by atoms with van der Waals surface area (Å²) in [6, 6.07) is 39.2. The van der Waals surface area contributed by atoms with E-state index < -0.39 is 0 Å². The number of rotatable bonds is 0. The predicted molar refractivity (Wildman–Crippen MR) is 174 cm³/mol. The van der Waals surface area contributed by atoms with Gasteiger partial charge < -0.3 is 0 Å². The molecule has 0 nitrogen and oxygen atoms in total. The third-order valence-corrected chi connectivity index (χ3v) is 10.0. The first kappa shape index (κ1) is 22.0. The van der Waals surface area contributed by atoms with Gasteiger partial charge in [-0.2, -0.15) is 0 Å². The Morgan fingerprint density at radius 3 is 1.28 bits per heavy atom. The first-order chi connectivity index (χ1) is 19.2. The van der Waals surface area contributed by atoms with E-state index in [2.05, 4.69) is 97.1 Å². The average molecular weight is 554 g/mol. The van der Waals surface area contributed by atoms with Crippen molar-refractivity contribution in [2.24, 2.45) is 0 Å². The van der Waals surface area contributed by atoms with Crippen molar-refractivity contribution in [1.82, 2.24) is 0 Å². The molecule has 8 aromatic carbocycles. The number of thiophene rings is 1. The predicted octanol–water partition coefficient (Wildman–Crippen LogP) is 12.3. The Labute approximate surface area is 237 Å². The molecule has 39 heavy (non-hydrogen) atoms. The summed E-state index contributed by atoms with van der Waals surface area (Å²) in [7, 11) is 0. The first-order valence-corrected chi connectivity index (χ1v) is 14.6. The number of fused-ring (bicyclic) bond motifs is 17. The van der Waals surface area contributed by atoms with Crippen LogP contribution in [0, 0.1) is 0 Å². The van der Waals surface area contributed by atoms with Gasteiger partial charge in [-0.05, 0) is 78.1 Å². The fourth-order valence-corrected chi connectivity index (χ4v) is 8.45. The van der Waals surface area contributed by atoms with Gasteiger partial charge in [-0.25, -0.2) is 0 Å². The lowest BCUT2D eigenvalue weighted by atomic mass is 9.90. The van der Waals surface area contributed by atoms with Crippen LogP contribution < -0.4 is 0 Å². The van der Waals surface area contributed by atoms with Crippen LogP contribution in [0.4, 0.5) is 0 Å². The Morgan fingerprint density at radius 1 is 0.359 bits per heavy atom. The van der Waals surface area contributed by atoms with Crippen LogP contribution in [0.15, 0.2) is 109 Å². The van der Waals surface area contributed by atoms with Crippen molar-refractivity contribution in [1.29, 1.82) is 0 Å². The third kappa shape index (κ3) is 2.90. The molecule has 0 aliphatic carbocycles. The number of benzene rings is 8. The van der Waals surface area contributed by atoms with Gasteiger partial charge >= 0.3 is 0 Å². The van der Waals surface area contributed by atoms with Crippen molar-refractivity contribution in [2.45, 2.75) is 0 Å². The molecule has 0 amide bonds. The summed E-state index contributed by atoms with van der Waals surface area (Å²) in [6.07, 6.45) is 0. The van der Waals surface area contributed by atoms with Gasteiger partial charge in [0.2, 0.25) is 0 Å². The maximum Gasteiger partial charge on any atom is 0.0440 e. The highest BCUT2D eigenvalue weighted by Gasteiger charge is 2.21. The van der Waals surface area contributed by atoms with E-state index in [-0.39, 0.29) is 0 Å². The minimum atomic E-state index is 0.754. The molecule has 1 heterocycles. The third-order valence-electron chi connectivity index (χ3n) is 8.30. The Morgan fingerprint density at radius 2 is 0.795 bits per heavy atom. The second kappa shape index (κ2) is 7.83. The highest BCUT2D eigenvalue weighted by atomic mass is 35.5. The van der Waals surface area contributed by atoms with Gasteiger partial charge in [0.05, 0.1) is 0 Å². The summed E-state index contributed by atoms with van der Waals surface area (Å²) >= 11 is 15.2. The highest BCUT2D eigenvalue weighted by Crippen LogP contribution is 2.51. The van der Waals surface area contributed by atoms with Crippen molar-refractivity contribution >= 4 is 119 Å². The summed E-state index contributed by atoms with van der Waals surface area (Å²) in [5.41, 5.74) is 0. The van der Waals surface area contributed by atoms with E-state index in [1.54, 1.807) is 0 Å². The van der Waals surface area contributed by atoms with Crippen LogP contribution >= 0.6 is 34.5 Å². The molecular formula is C36H18Cl2S. The van der Waals surface area contributed by atoms with Crippen molar-refractivity contribution in [2.75, 3.05) is 0 Å². The quantitative estimate of drug-likeness (QED) is 0.164. The van der Waals surface area contributed by atoms with Crippen LogP contribution in [0.3, 0.4) is 0 Å². The molecule has 0 bridgehead atoms. The molecular weight excluding hydrogens is 535 g/mol.